The van der Waals surface area contributed by atoms with E-state index in [1.165, 1.54) is 24.3 Å². The standard InChI is InChI=1S/C15H12ClFO2/c1-10-2-7-13(16)15(8-10)19-9-14(18)11-3-5-12(17)6-4-11/h2-8H,9H2,1H3. The van der Waals surface area contributed by atoms with Crippen molar-refractivity contribution in [1.82, 2.24) is 0 Å². The van der Waals surface area contributed by atoms with Crippen LogP contribution in [0.1, 0.15) is 15.9 Å². The third-order valence-electron chi connectivity index (χ3n) is 2.61. The monoisotopic (exact) mass is 278 g/mol. The Kier molecular flexibility index (Phi) is 4.17. The van der Waals surface area contributed by atoms with Crippen LogP contribution in [0.25, 0.3) is 0 Å². The smallest absolute Gasteiger partial charge is 0.200 e. The number of hydrogen-bond donors (Lipinski definition) is 0. The number of aryl methyl sites for hydroxylation is 1. The minimum absolute atomic E-state index is 0.130. The highest BCUT2D eigenvalue weighted by Gasteiger charge is 2.09. The Balaban J connectivity index is 2.04. The zero-order chi connectivity index (χ0) is 13.8. The summed E-state index contributed by atoms with van der Waals surface area (Å²) in [5.41, 5.74) is 1.40. The van der Waals surface area contributed by atoms with Gasteiger partial charge in [0.25, 0.3) is 0 Å². The molecular weight excluding hydrogens is 267 g/mol. The predicted molar refractivity (Wildman–Crippen MR) is 72.4 cm³/mol. The summed E-state index contributed by atoms with van der Waals surface area (Å²) in [6.07, 6.45) is 0. The fourth-order valence-electron chi connectivity index (χ4n) is 1.58. The van der Waals surface area contributed by atoms with Crippen LogP contribution in [0, 0.1) is 12.7 Å². The van der Waals surface area contributed by atoms with Gasteiger partial charge < -0.3 is 4.74 Å². The molecule has 0 radical (unpaired) electrons. The second-order valence-corrected chi connectivity index (χ2v) is 4.56. The van der Waals surface area contributed by atoms with E-state index in [0.29, 0.717) is 16.3 Å². The van der Waals surface area contributed by atoms with Crippen molar-refractivity contribution in [2.45, 2.75) is 6.92 Å². The predicted octanol–water partition coefficient (Wildman–Crippen LogP) is 4.05. The van der Waals surface area contributed by atoms with Gasteiger partial charge in [0, 0.05) is 5.56 Å². The van der Waals surface area contributed by atoms with Gasteiger partial charge in [0.1, 0.15) is 11.6 Å². The van der Waals surface area contributed by atoms with Crippen molar-refractivity contribution in [3.8, 4) is 5.75 Å². The average molecular weight is 279 g/mol. The first-order valence-corrected chi connectivity index (χ1v) is 6.12. The molecule has 0 heterocycles. The summed E-state index contributed by atoms with van der Waals surface area (Å²) in [5, 5.41) is 0.456. The Hall–Kier alpha value is -1.87. The first-order valence-electron chi connectivity index (χ1n) is 5.74. The molecule has 4 heteroatoms. The fraction of sp³-hybridized carbons (Fsp3) is 0.133. The molecule has 0 fully saturated rings. The maximum atomic E-state index is 12.7. The Morgan fingerprint density at radius 2 is 1.89 bits per heavy atom. The van der Waals surface area contributed by atoms with Crippen LogP contribution in [0.5, 0.6) is 5.75 Å². The summed E-state index contributed by atoms with van der Waals surface area (Å²) < 4.78 is 18.1. The zero-order valence-corrected chi connectivity index (χ0v) is 11.1. The molecule has 2 nitrogen and oxygen atoms in total. The lowest BCUT2D eigenvalue weighted by Crippen LogP contribution is -2.11. The molecule has 0 unspecified atom stereocenters. The van der Waals surface area contributed by atoms with Crippen LogP contribution in [0.2, 0.25) is 5.02 Å². The van der Waals surface area contributed by atoms with E-state index in [0.717, 1.165) is 5.56 Å². The molecule has 0 bridgehead atoms. The number of benzene rings is 2. The minimum Gasteiger partial charge on any atom is -0.484 e. The fourth-order valence-corrected chi connectivity index (χ4v) is 1.76. The number of rotatable bonds is 4. The molecule has 2 aromatic carbocycles. The highest BCUT2D eigenvalue weighted by Crippen LogP contribution is 2.25. The van der Waals surface area contributed by atoms with E-state index >= 15 is 0 Å². The molecule has 0 aliphatic rings. The normalized spacial score (nSPS) is 10.3. The maximum Gasteiger partial charge on any atom is 0.200 e. The Morgan fingerprint density at radius 1 is 1.21 bits per heavy atom. The summed E-state index contributed by atoms with van der Waals surface area (Å²) in [5.74, 6) is -0.131. The number of carbonyl (C=O) groups is 1. The lowest BCUT2D eigenvalue weighted by molar-refractivity contribution is 0.0921. The van der Waals surface area contributed by atoms with Gasteiger partial charge in [-0.05, 0) is 48.9 Å². The molecule has 0 amide bonds. The third-order valence-corrected chi connectivity index (χ3v) is 2.92. The largest absolute Gasteiger partial charge is 0.484 e. The molecule has 0 atom stereocenters. The summed E-state index contributed by atoms with van der Waals surface area (Å²) in [7, 11) is 0. The highest BCUT2D eigenvalue weighted by atomic mass is 35.5. The molecule has 0 saturated heterocycles. The summed E-state index contributed by atoms with van der Waals surface area (Å²) >= 11 is 5.96. The second-order valence-electron chi connectivity index (χ2n) is 4.15. The molecule has 0 saturated carbocycles. The van der Waals surface area contributed by atoms with E-state index < -0.39 is 0 Å². The van der Waals surface area contributed by atoms with Gasteiger partial charge >= 0.3 is 0 Å². The van der Waals surface area contributed by atoms with E-state index in [1.807, 2.05) is 13.0 Å². The Bertz CT molecular complexity index is 594. The molecule has 0 aromatic heterocycles. The average Bonchev–Trinajstić information content (AvgIpc) is 2.40. The summed E-state index contributed by atoms with van der Waals surface area (Å²) in [6, 6.07) is 10.7. The van der Waals surface area contributed by atoms with Crippen molar-refractivity contribution in [2.75, 3.05) is 6.61 Å². The second kappa shape index (κ2) is 5.85. The van der Waals surface area contributed by atoms with Crippen LogP contribution in [-0.2, 0) is 0 Å². The number of halogens is 2. The zero-order valence-electron chi connectivity index (χ0n) is 10.3. The number of Topliss-reactive ketones (excluding diaryl/α,β-unsaturated/α-hetero) is 1. The van der Waals surface area contributed by atoms with Crippen LogP contribution < -0.4 is 4.74 Å². The highest BCUT2D eigenvalue weighted by molar-refractivity contribution is 6.32. The van der Waals surface area contributed by atoms with Gasteiger partial charge in [0.05, 0.1) is 5.02 Å². The molecule has 0 aliphatic heterocycles. The number of hydrogen-bond acceptors (Lipinski definition) is 2. The third kappa shape index (κ3) is 3.55. The summed E-state index contributed by atoms with van der Waals surface area (Å²) in [6.45, 7) is 1.78. The lowest BCUT2D eigenvalue weighted by atomic mass is 10.1. The van der Waals surface area contributed by atoms with Crippen LogP contribution in [0.3, 0.4) is 0 Å². The maximum absolute atomic E-state index is 12.7. The lowest BCUT2D eigenvalue weighted by Gasteiger charge is -2.08. The van der Waals surface area contributed by atoms with Gasteiger partial charge in [-0.15, -0.1) is 0 Å². The molecule has 0 N–H and O–H groups in total. The van der Waals surface area contributed by atoms with Gasteiger partial charge in [0.2, 0.25) is 0 Å². The Morgan fingerprint density at radius 3 is 2.58 bits per heavy atom. The molecule has 0 spiro atoms. The van der Waals surface area contributed by atoms with Gasteiger partial charge in [-0.2, -0.15) is 0 Å². The minimum atomic E-state index is -0.376. The first kappa shape index (κ1) is 13.6. The van der Waals surface area contributed by atoms with Crippen LogP contribution in [-0.4, -0.2) is 12.4 Å². The van der Waals surface area contributed by atoms with Crippen molar-refractivity contribution in [3.05, 3.63) is 64.4 Å². The van der Waals surface area contributed by atoms with E-state index in [-0.39, 0.29) is 18.2 Å². The van der Waals surface area contributed by atoms with Crippen molar-refractivity contribution in [2.24, 2.45) is 0 Å². The summed E-state index contributed by atoms with van der Waals surface area (Å²) in [4.78, 5) is 11.8. The molecule has 0 aliphatic carbocycles. The quantitative estimate of drug-likeness (QED) is 0.789. The van der Waals surface area contributed by atoms with E-state index in [4.69, 9.17) is 16.3 Å². The van der Waals surface area contributed by atoms with Crippen LogP contribution >= 0.6 is 11.6 Å². The van der Waals surface area contributed by atoms with E-state index in [1.54, 1.807) is 12.1 Å². The number of ketones is 1. The van der Waals surface area contributed by atoms with Crippen LogP contribution in [0.4, 0.5) is 4.39 Å². The van der Waals surface area contributed by atoms with E-state index in [9.17, 15) is 9.18 Å². The molecule has 98 valence electrons. The van der Waals surface area contributed by atoms with E-state index in [2.05, 4.69) is 0 Å². The SMILES string of the molecule is Cc1ccc(Cl)c(OCC(=O)c2ccc(F)cc2)c1. The topological polar surface area (TPSA) is 26.3 Å². The van der Waals surface area contributed by atoms with Gasteiger partial charge in [-0.25, -0.2) is 4.39 Å². The molecule has 19 heavy (non-hydrogen) atoms. The number of carbonyl (C=O) groups excluding carboxylic acids is 1. The molecular formula is C15H12ClFO2. The van der Waals surface area contributed by atoms with Crippen molar-refractivity contribution >= 4 is 17.4 Å². The van der Waals surface area contributed by atoms with Crippen molar-refractivity contribution in [3.63, 3.8) is 0 Å². The van der Waals surface area contributed by atoms with Crippen molar-refractivity contribution < 1.29 is 13.9 Å². The molecule has 2 rings (SSSR count). The van der Waals surface area contributed by atoms with Gasteiger partial charge in [0.15, 0.2) is 12.4 Å². The first-order chi connectivity index (χ1) is 9.06. The van der Waals surface area contributed by atoms with Crippen molar-refractivity contribution in [1.29, 1.82) is 0 Å². The molecule has 2 aromatic rings. The van der Waals surface area contributed by atoms with Gasteiger partial charge in [-0.1, -0.05) is 17.7 Å². The van der Waals surface area contributed by atoms with Gasteiger partial charge in [-0.3, -0.25) is 4.79 Å². The van der Waals surface area contributed by atoms with Crippen LogP contribution in [0.15, 0.2) is 42.5 Å². The number of ether oxygens (including phenoxy) is 1. The Labute approximate surface area is 115 Å².